The van der Waals surface area contributed by atoms with Crippen LogP contribution in [0, 0.1) is 11.7 Å². The fourth-order valence-corrected chi connectivity index (χ4v) is 2.51. The smallest absolute Gasteiger partial charge is 0.123 e. The van der Waals surface area contributed by atoms with Crippen molar-refractivity contribution in [2.24, 2.45) is 5.92 Å². The zero-order chi connectivity index (χ0) is 12.1. The van der Waals surface area contributed by atoms with Crippen LogP contribution in [0.2, 0.25) is 0 Å². The maximum atomic E-state index is 12.7. The van der Waals surface area contributed by atoms with Crippen LogP contribution in [0.5, 0.6) is 0 Å². The lowest BCUT2D eigenvalue weighted by molar-refractivity contribution is 0.327. The first kappa shape index (κ1) is 12.5. The van der Waals surface area contributed by atoms with E-state index >= 15 is 0 Å². The SMILES string of the molecule is CNCC1CCN(CCc2ccc(F)cc2)C1. The van der Waals surface area contributed by atoms with Crippen molar-refractivity contribution in [3.63, 3.8) is 0 Å². The maximum absolute atomic E-state index is 12.7. The number of benzene rings is 1. The Hall–Kier alpha value is -0.930. The molecule has 2 nitrogen and oxygen atoms in total. The van der Waals surface area contributed by atoms with E-state index in [2.05, 4.69) is 10.2 Å². The second kappa shape index (κ2) is 6.12. The van der Waals surface area contributed by atoms with Gasteiger partial charge in [0.2, 0.25) is 0 Å². The Balaban J connectivity index is 1.74. The molecule has 1 unspecified atom stereocenters. The highest BCUT2D eigenvalue weighted by molar-refractivity contribution is 5.16. The first-order valence-corrected chi connectivity index (χ1v) is 6.39. The lowest BCUT2D eigenvalue weighted by Crippen LogP contribution is -2.26. The van der Waals surface area contributed by atoms with Crippen molar-refractivity contribution in [1.29, 1.82) is 0 Å². The van der Waals surface area contributed by atoms with E-state index in [1.54, 1.807) is 12.1 Å². The minimum absolute atomic E-state index is 0.149. The molecule has 0 radical (unpaired) electrons. The van der Waals surface area contributed by atoms with Crippen molar-refractivity contribution in [2.45, 2.75) is 12.8 Å². The van der Waals surface area contributed by atoms with Gasteiger partial charge in [0.05, 0.1) is 0 Å². The van der Waals surface area contributed by atoms with Crippen LogP contribution in [0.15, 0.2) is 24.3 Å². The lowest BCUT2D eigenvalue weighted by atomic mass is 10.1. The summed E-state index contributed by atoms with van der Waals surface area (Å²) in [5.74, 6) is 0.650. The average Bonchev–Trinajstić information content (AvgIpc) is 2.77. The predicted octanol–water partition coefficient (Wildman–Crippen LogP) is 1.91. The van der Waals surface area contributed by atoms with Gasteiger partial charge in [0, 0.05) is 13.1 Å². The monoisotopic (exact) mass is 236 g/mol. The molecular weight excluding hydrogens is 215 g/mol. The van der Waals surface area contributed by atoms with Gasteiger partial charge in [0.15, 0.2) is 0 Å². The van der Waals surface area contributed by atoms with Crippen molar-refractivity contribution >= 4 is 0 Å². The third-order valence-corrected chi connectivity index (χ3v) is 3.49. The Kier molecular flexibility index (Phi) is 4.51. The number of nitrogens with zero attached hydrogens (tertiary/aromatic N) is 1. The largest absolute Gasteiger partial charge is 0.319 e. The average molecular weight is 236 g/mol. The van der Waals surface area contributed by atoms with Crippen molar-refractivity contribution in [3.8, 4) is 0 Å². The Morgan fingerprint density at radius 1 is 1.35 bits per heavy atom. The van der Waals surface area contributed by atoms with Gasteiger partial charge in [0.25, 0.3) is 0 Å². The van der Waals surface area contributed by atoms with Gasteiger partial charge in [-0.15, -0.1) is 0 Å². The molecule has 0 spiro atoms. The Morgan fingerprint density at radius 3 is 2.82 bits per heavy atom. The second-order valence-electron chi connectivity index (χ2n) is 4.89. The fraction of sp³-hybridized carbons (Fsp3) is 0.571. The molecule has 1 aliphatic heterocycles. The molecule has 1 atom stereocenters. The van der Waals surface area contributed by atoms with Gasteiger partial charge in [-0.1, -0.05) is 12.1 Å². The molecule has 0 aliphatic carbocycles. The lowest BCUT2D eigenvalue weighted by Gasteiger charge is -2.15. The zero-order valence-electron chi connectivity index (χ0n) is 10.5. The molecule has 0 amide bonds. The Bertz CT molecular complexity index is 337. The van der Waals surface area contributed by atoms with Crippen LogP contribution >= 0.6 is 0 Å². The van der Waals surface area contributed by atoms with Crippen LogP contribution in [-0.2, 0) is 6.42 Å². The normalized spacial score (nSPS) is 20.9. The summed E-state index contributed by atoms with van der Waals surface area (Å²) in [5.41, 5.74) is 1.23. The van der Waals surface area contributed by atoms with Crippen molar-refractivity contribution < 1.29 is 4.39 Å². The van der Waals surface area contributed by atoms with Crippen LogP contribution in [0.4, 0.5) is 4.39 Å². The first-order valence-electron chi connectivity index (χ1n) is 6.39. The first-order chi connectivity index (χ1) is 8.28. The van der Waals surface area contributed by atoms with Crippen LogP contribution in [0.1, 0.15) is 12.0 Å². The maximum Gasteiger partial charge on any atom is 0.123 e. The predicted molar refractivity (Wildman–Crippen MR) is 68.6 cm³/mol. The summed E-state index contributed by atoms with van der Waals surface area (Å²) < 4.78 is 12.7. The van der Waals surface area contributed by atoms with E-state index in [4.69, 9.17) is 0 Å². The van der Waals surface area contributed by atoms with Crippen LogP contribution in [0.25, 0.3) is 0 Å². The highest BCUT2D eigenvalue weighted by Gasteiger charge is 2.20. The van der Waals surface area contributed by atoms with Gasteiger partial charge in [-0.3, -0.25) is 0 Å². The van der Waals surface area contributed by atoms with E-state index in [1.807, 2.05) is 19.2 Å². The minimum Gasteiger partial charge on any atom is -0.319 e. The van der Waals surface area contributed by atoms with Crippen molar-refractivity contribution in [3.05, 3.63) is 35.6 Å². The molecule has 1 heterocycles. The van der Waals surface area contributed by atoms with Gasteiger partial charge in [-0.2, -0.15) is 0 Å². The van der Waals surface area contributed by atoms with E-state index in [1.165, 1.54) is 25.1 Å². The number of likely N-dealkylation sites (tertiary alicyclic amines) is 1. The van der Waals surface area contributed by atoms with E-state index in [0.717, 1.165) is 25.4 Å². The van der Waals surface area contributed by atoms with Gasteiger partial charge in [0.1, 0.15) is 5.82 Å². The highest BCUT2D eigenvalue weighted by atomic mass is 19.1. The van der Waals surface area contributed by atoms with Crippen molar-refractivity contribution in [1.82, 2.24) is 10.2 Å². The molecule has 17 heavy (non-hydrogen) atoms. The number of hydrogen-bond donors (Lipinski definition) is 1. The summed E-state index contributed by atoms with van der Waals surface area (Å²) in [6, 6.07) is 6.86. The minimum atomic E-state index is -0.149. The molecule has 3 heteroatoms. The van der Waals surface area contributed by atoms with Crippen LogP contribution in [-0.4, -0.2) is 38.1 Å². The van der Waals surface area contributed by atoms with Gasteiger partial charge in [-0.05, 0) is 56.6 Å². The molecule has 0 aromatic heterocycles. The molecule has 0 saturated carbocycles. The molecule has 1 fully saturated rings. The highest BCUT2D eigenvalue weighted by Crippen LogP contribution is 2.15. The molecule has 1 saturated heterocycles. The Labute approximate surface area is 103 Å². The van der Waals surface area contributed by atoms with Gasteiger partial charge >= 0.3 is 0 Å². The summed E-state index contributed by atoms with van der Waals surface area (Å²) in [7, 11) is 2.02. The third-order valence-electron chi connectivity index (χ3n) is 3.49. The number of nitrogens with one attached hydrogen (secondary N) is 1. The molecule has 1 aromatic carbocycles. The molecule has 94 valence electrons. The molecule has 0 bridgehead atoms. The van der Waals surface area contributed by atoms with E-state index in [0.29, 0.717) is 0 Å². The number of rotatable bonds is 5. The summed E-state index contributed by atoms with van der Waals surface area (Å²) in [6.45, 7) is 4.61. The van der Waals surface area contributed by atoms with E-state index in [-0.39, 0.29) is 5.82 Å². The van der Waals surface area contributed by atoms with Gasteiger partial charge in [-0.25, -0.2) is 4.39 Å². The Morgan fingerprint density at radius 2 is 2.12 bits per heavy atom. The molecule has 1 aliphatic rings. The van der Waals surface area contributed by atoms with Crippen molar-refractivity contribution in [2.75, 3.05) is 33.2 Å². The molecular formula is C14H21FN2. The van der Waals surface area contributed by atoms with Gasteiger partial charge < -0.3 is 10.2 Å². The fourth-order valence-electron chi connectivity index (χ4n) is 2.51. The summed E-state index contributed by atoms with van der Waals surface area (Å²) >= 11 is 0. The van der Waals surface area contributed by atoms with Crippen LogP contribution < -0.4 is 5.32 Å². The molecule has 1 aromatic rings. The van der Waals surface area contributed by atoms with E-state index < -0.39 is 0 Å². The topological polar surface area (TPSA) is 15.3 Å². The summed E-state index contributed by atoms with van der Waals surface area (Å²) in [6.07, 6.45) is 2.32. The quantitative estimate of drug-likeness (QED) is 0.840. The second-order valence-corrected chi connectivity index (χ2v) is 4.89. The summed E-state index contributed by atoms with van der Waals surface area (Å²) in [5, 5.41) is 3.24. The van der Waals surface area contributed by atoms with E-state index in [9.17, 15) is 4.39 Å². The zero-order valence-corrected chi connectivity index (χ0v) is 10.5. The van der Waals surface area contributed by atoms with Crippen LogP contribution in [0.3, 0.4) is 0 Å². The number of hydrogen-bond acceptors (Lipinski definition) is 2. The molecule has 1 N–H and O–H groups in total. The number of halogens is 1. The summed E-state index contributed by atoms with van der Waals surface area (Å²) in [4.78, 5) is 2.51. The molecule has 2 rings (SSSR count). The standard InChI is InChI=1S/C14H21FN2/c1-16-10-13-7-9-17(11-13)8-6-12-2-4-14(15)5-3-12/h2-5,13,16H,6-11H2,1H3. The third kappa shape index (κ3) is 3.79.